The molecule has 20 heteroatoms. The van der Waals surface area contributed by atoms with Gasteiger partial charge in [-0.25, -0.2) is 16.8 Å². The number of alkyl halides is 6. The van der Waals surface area contributed by atoms with E-state index in [2.05, 4.69) is 29.6 Å². The second-order valence-corrected chi connectivity index (χ2v) is 13.3. The van der Waals surface area contributed by atoms with Gasteiger partial charge in [-0.2, -0.15) is 36.5 Å². The number of sulfonamides is 2. The molecule has 6 rings (SSSR count). The summed E-state index contributed by atoms with van der Waals surface area (Å²) < 4.78 is 133. The summed E-state index contributed by atoms with van der Waals surface area (Å²) in [4.78, 5) is 7.44. The van der Waals surface area contributed by atoms with Crippen LogP contribution in [-0.2, 0) is 32.4 Å². The molecule has 0 bridgehead atoms. The first kappa shape index (κ1) is 35.5. The minimum Gasteiger partial charge on any atom is -0.271 e. The Morgan fingerprint density at radius 3 is 1.48 bits per heavy atom. The predicted octanol–water partition coefficient (Wildman–Crippen LogP) is 6.58. The fraction of sp³-hybridized carbons (Fsp3) is 0.0667. The Labute approximate surface area is 279 Å². The molecule has 0 amide bonds. The number of halogens is 6. The van der Waals surface area contributed by atoms with E-state index in [0.717, 1.165) is 0 Å². The van der Waals surface area contributed by atoms with E-state index in [1.807, 2.05) is 10.2 Å². The largest absolute Gasteiger partial charge is 0.433 e. The van der Waals surface area contributed by atoms with Crippen LogP contribution in [0.4, 0.5) is 38.0 Å². The number of nitrogens with zero attached hydrogens (tertiary/aromatic N) is 4. The Bertz CT molecular complexity index is 2110. The topological polar surface area (TPSA) is 175 Å². The maximum Gasteiger partial charge on any atom is 0.433 e. The Morgan fingerprint density at radius 2 is 1.04 bits per heavy atom. The molecular weight excluding hydrogens is 715 g/mol. The summed E-state index contributed by atoms with van der Waals surface area (Å²) in [6.45, 7) is 0. The molecule has 2 aromatic carbocycles. The molecule has 0 aliphatic rings. The van der Waals surface area contributed by atoms with Crippen LogP contribution in [0, 0.1) is 0 Å². The van der Waals surface area contributed by atoms with Gasteiger partial charge in [-0.15, -0.1) is 0 Å². The van der Waals surface area contributed by atoms with Gasteiger partial charge in [0.2, 0.25) is 0 Å². The van der Waals surface area contributed by atoms with Crippen molar-refractivity contribution >= 4 is 31.7 Å². The van der Waals surface area contributed by atoms with Crippen LogP contribution in [0.15, 0.2) is 119 Å². The van der Waals surface area contributed by atoms with Crippen molar-refractivity contribution in [3.8, 4) is 22.4 Å². The molecule has 0 unspecified atom stereocenters. The molecule has 0 aliphatic heterocycles. The van der Waals surface area contributed by atoms with Gasteiger partial charge in [0.15, 0.2) is 17.3 Å². The maximum absolute atomic E-state index is 13.2. The van der Waals surface area contributed by atoms with E-state index >= 15 is 0 Å². The second kappa shape index (κ2) is 14.0. The minimum atomic E-state index is -4.75. The third kappa shape index (κ3) is 8.09. The number of pyridine rings is 2. The molecule has 0 aliphatic carbocycles. The number of rotatable bonds is 8. The smallest absolute Gasteiger partial charge is 0.271 e. The van der Waals surface area contributed by atoms with Crippen molar-refractivity contribution in [1.29, 1.82) is 0 Å². The molecule has 50 heavy (non-hydrogen) atoms. The number of nitrogens with one attached hydrogen (secondary N) is 4. The Hall–Kier alpha value is -5.76. The van der Waals surface area contributed by atoms with Gasteiger partial charge in [0.1, 0.15) is 5.69 Å². The van der Waals surface area contributed by atoms with E-state index in [0.29, 0.717) is 0 Å². The fourth-order valence-electron chi connectivity index (χ4n) is 4.37. The molecule has 4 N–H and O–H groups in total. The standard InChI is InChI=1S/2C15H11F3N4O2S/c16-15(17,18)13-12(10-5-4-8-19-9-10)14(21-20-13)22-25(23,24)11-6-2-1-3-7-11;16-15(17,18)13-12(11-8-4-5-9-19-11)14(21-20-13)22-25(23,24)10-6-2-1-3-7-10/h2*1-9H,(H2,20,21,22). The van der Waals surface area contributed by atoms with E-state index < -0.39 is 66.5 Å². The number of hydrogen-bond donors (Lipinski definition) is 4. The van der Waals surface area contributed by atoms with Crippen molar-refractivity contribution in [2.75, 3.05) is 9.44 Å². The van der Waals surface area contributed by atoms with Gasteiger partial charge in [0.05, 0.1) is 26.6 Å². The summed E-state index contributed by atoms with van der Waals surface area (Å²) >= 11 is 0. The molecule has 0 fully saturated rings. The van der Waals surface area contributed by atoms with Crippen LogP contribution in [0.1, 0.15) is 11.4 Å². The van der Waals surface area contributed by atoms with E-state index in [4.69, 9.17) is 0 Å². The normalized spacial score (nSPS) is 12.1. The first-order valence-electron chi connectivity index (χ1n) is 13.9. The van der Waals surface area contributed by atoms with Crippen LogP contribution in [0.3, 0.4) is 0 Å². The van der Waals surface area contributed by atoms with Crippen LogP contribution >= 0.6 is 0 Å². The highest BCUT2D eigenvalue weighted by atomic mass is 32.2. The highest BCUT2D eigenvalue weighted by molar-refractivity contribution is 7.93. The molecule has 0 saturated heterocycles. The average Bonchev–Trinajstić information content (AvgIpc) is 3.71. The molecule has 0 saturated carbocycles. The van der Waals surface area contributed by atoms with Crippen LogP contribution < -0.4 is 9.44 Å². The van der Waals surface area contributed by atoms with Crippen molar-refractivity contribution in [1.82, 2.24) is 30.4 Å². The first-order valence-corrected chi connectivity index (χ1v) is 16.8. The lowest BCUT2D eigenvalue weighted by molar-refractivity contribution is -0.141. The maximum atomic E-state index is 13.2. The van der Waals surface area contributed by atoms with Gasteiger partial charge in [0, 0.05) is 24.2 Å². The van der Waals surface area contributed by atoms with E-state index in [1.165, 1.54) is 97.5 Å². The van der Waals surface area contributed by atoms with Gasteiger partial charge in [0.25, 0.3) is 20.0 Å². The minimum absolute atomic E-state index is 0.0608. The summed E-state index contributed by atoms with van der Waals surface area (Å²) in [5.41, 5.74) is -3.21. The number of anilines is 2. The number of aromatic amines is 2. The average molecular weight is 737 g/mol. The highest BCUT2D eigenvalue weighted by Crippen LogP contribution is 2.41. The summed E-state index contributed by atoms with van der Waals surface area (Å²) in [5.74, 6) is -0.931. The Morgan fingerprint density at radius 1 is 0.560 bits per heavy atom. The summed E-state index contributed by atoms with van der Waals surface area (Å²) in [5, 5.41) is 10.7. The molecule has 0 spiro atoms. The first-order chi connectivity index (χ1) is 23.6. The van der Waals surface area contributed by atoms with Crippen LogP contribution in [-0.4, -0.2) is 47.2 Å². The van der Waals surface area contributed by atoms with E-state index in [1.54, 1.807) is 12.1 Å². The van der Waals surface area contributed by atoms with E-state index in [9.17, 15) is 43.2 Å². The van der Waals surface area contributed by atoms with Gasteiger partial charge >= 0.3 is 12.4 Å². The van der Waals surface area contributed by atoms with Crippen LogP contribution in [0.2, 0.25) is 0 Å². The highest BCUT2D eigenvalue weighted by Gasteiger charge is 2.40. The van der Waals surface area contributed by atoms with Crippen LogP contribution in [0.25, 0.3) is 22.4 Å². The van der Waals surface area contributed by atoms with Crippen molar-refractivity contribution in [2.24, 2.45) is 0 Å². The van der Waals surface area contributed by atoms with Crippen molar-refractivity contribution in [3.05, 3.63) is 121 Å². The Kier molecular flexibility index (Phi) is 9.95. The fourth-order valence-corrected chi connectivity index (χ4v) is 6.44. The number of benzene rings is 2. The number of aromatic nitrogens is 6. The van der Waals surface area contributed by atoms with Crippen molar-refractivity contribution in [3.63, 3.8) is 0 Å². The summed E-state index contributed by atoms with van der Waals surface area (Å²) in [7, 11) is -8.20. The van der Waals surface area contributed by atoms with Crippen LogP contribution in [0.5, 0.6) is 0 Å². The molecule has 12 nitrogen and oxygen atoms in total. The lowest BCUT2D eigenvalue weighted by Gasteiger charge is -2.10. The van der Waals surface area contributed by atoms with Gasteiger partial charge in [-0.05, 0) is 42.5 Å². The molecule has 0 radical (unpaired) electrons. The van der Waals surface area contributed by atoms with Crippen molar-refractivity contribution < 1.29 is 43.2 Å². The predicted molar refractivity (Wildman–Crippen MR) is 168 cm³/mol. The number of H-pyrrole nitrogens is 2. The van der Waals surface area contributed by atoms with Crippen molar-refractivity contribution in [2.45, 2.75) is 22.1 Å². The molecule has 4 heterocycles. The molecule has 260 valence electrons. The SMILES string of the molecule is O=S(=O)(Nc1n[nH]c(C(F)(F)F)c1-c1ccccn1)c1ccccc1.O=S(=O)(Nc1n[nH]c(C(F)(F)F)c1-c1cccnc1)c1ccccc1. The quantitative estimate of drug-likeness (QED) is 0.127. The van der Waals surface area contributed by atoms with E-state index in [-0.39, 0.29) is 21.0 Å². The van der Waals surface area contributed by atoms with Gasteiger partial charge < -0.3 is 0 Å². The molecule has 6 aromatic rings. The second-order valence-electron chi connectivity index (χ2n) is 9.93. The van der Waals surface area contributed by atoms with Gasteiger partial charge in [-0.3, -0.25) is 29.6 Å². The van der Waals surface area contributed by atoms with Gasteiger partial charge in [-0.1, -0.05) is 48.5 Å². The third-order valence-electron chi connectivity index (χ3n) is 6.54. The lowest BCUT2D eigenvalue weighted by Crippen LogP contribution is -2.14. The molecular formula is C30H22F6N8O4S2. The monoisotopic (exact) mass is 736 g/mol. The third-order valence-corrected chi connectivity index (χ3v) is 9.25. The Balaban J connectivity index is 0.000000194. The summed E-state index contributed by atoms with van der Waals surface area (Å²) in [6, 6.07) is 21.7. The number of hydrogen-bond acceptors (Lipinski definition) is 8. The zero-order valence-electron chi connectivity index (χ0n) is 24.9. The molecule has 0 atom stereocenters. The molecule has 4 aromatic heterocycles. The zero-order chi connectivity index (χ0) is 36.2. The summed E-state index contributed by atoms with van der Waals surface area (Å²) in [6.07, 6.45) is -5.60. The lowest BCUT2D eigenvalue weighted by atomic mass is 10.1. The zero-order valence-corrected chi connectivity index (χ0v) is 26.5.